The molecular formula is C25H26F3N3O3S. The van der Waals surface area contributed by atoms with Crippen LogP contribution < -0.4 is 0 Å². The van der Waals surface area contributed by atoms with Crippen molar-refractivity contribution in [2.75, 3.05) is 6.54 Å². The molecule has 1 aliphatic rings. The number of hydrogen-bond acceptors (Lipinski definition) is 6. The van der Waals surface area contributed by atoms with Gasteiger partial charge in [-0.1, -0.05) is 65.9 Å². The van der Waals surface area contributed by atoms with Crippen molar-refractivity contribution in [3.05, 3.63) is 70.7 Å². The van der Waals surface area contributed by atoms with Crippen molar-refractivity contribution in [2.24, 2.45) is 0 Å². The van der Waals surface area contributed by atoms with Gasteiger partial charge in [0.1, 0.15) is 10.6 Å². The Morgan fingerprint density at radius 2 is 1.77 bits per heavy atom. The van der Waals surface area contributed by atoms with Gasteiger partial charge in [0.05, 0.1) is 11.6 Å². The molecule has 2 atom stereocenters. The summed E-state index contributed by atoms with van der Waals surface area (Å²) in [5.74, 6) is 0. The van der Waals surface area contributed by atoms with Crippen LogP contribution in [0.4, 0.5) is 18.0 Å². The Morgan fingerprint density at radius 3 is 2.31 bits per heavy atom. The maximum absolute atomic E-state index is 13.2. The lowest BCUT2D eigenvalue weighted by Crippen LogP contribution is -2.51. The molecule has 1 aliphatic heterocycles. The van der Waals surface area contributed by atoms with Crippen LogP contribution in [0.15, 0.2) is 54.6 Å². The molecule has 0 bridgehead atoms. The third kappa shape index (κ3) is 5.48. The van der Waals surface area contributed by atoms with Crippen molar-refractivity contribution in [1.29, 1.82) is 0 Å². The molecule has 2 heterocycles. The van der Waals surface area contributed by atoms with Crippen LogP contribution in [0.5, 0.6) is 0 Å². The van der Waals surface area contributed by atoms with E-state index in [1.807, 2.05) is 37.3 Å². The van der Waals surface area contributed by atoms with E-state index < -0.39 is 28.5 Å². The lowest BCUT2D eigenvalue weighted by molar-refractivity contribution is -0.138. The van der Waals surface area contributed by atoms with E-state index in [2.05, 4.69) is 10.2 Å². The molecule has 1 amide bonds. The second-order valence-electron chi connectivity index (χ2n) is 9.37. The number of benzene rings is 2. The first kappa shape index (κ1) is 25.1. The minimum absolute atomic E-state index is 0.174. The van der Waals surface area contributed by atoms with E-state index in [0.29, 0.717) is 29.9 Å². The number of aliphatic hydroxyl groups is 1. The molecule has 186 valence electrons. The van der Waals surface area contributed by atoms with E-state index in [9.17, 15) is 23.1 Å². The molecule has 0 spiro atoms. The lowest BCUT2D eigenvalue weighted by atomic mass is 9.80. The second kappa shape index (κ2) is 9.23. The average Bonchev–Trinajstić information content (AvgIpc) is 3.29. The van der Waals surface area contributed by atoms with Gasteiger partial charge in [0, 0.05) is 24.9 Å². The van der Waals surface area contributed by atoms with Gasteiger partial charge < -0.3 is 14.7 Å². The zero-order valence-electron chi connectivity index (χ0n) is 19.5. The fourth-order valence-corrected chi connectivity index (χ4v) is 5.15. The topological polar surface area (TPSA) is 75.6 Å². The zero-order valence-corrected chi connectivity index (χ0v) is 20.4. The van der Waals surface area contributed by atoms with Crippen molar-refractivity contribution in [3.63, 3.8) is 0 Å². The number of halogens is 3. The maximum atomic E-state index is 13.2. The molecule has 35 heavy (non-hydrogen) atoms. The summed E-state index contributed by atoms with van der Waals surface area (Å²) in [6.07, 6.45) is -4.26. The van der Waals surface area contributed by atoms with Gasteiger partial charge in [0.2, 0.25) is 5.01 Å². The Balaban J connectivity index is 1.51. The number of carbonyl (C=O) groups is 1. The van der Waals surface area contributed by atoms with E-state index in [1.54, 1.807) is 43.0 Å². The first-order valence-electron chi connectivity index (χ1n) is 11.2. The molecule has 1 aromatic heterocycles. The highest BCUT2D eigenvalue weighted by molar-refractivity contribution is 7.14. The standard InChI is InChI=1S/C25H26F3N3O3S/c1-16(17-9-11-18(12-10-17)20-29-30-21(35-20)25(26,27)28)31-14-13-24(34-22(31)32,15-23(2,3)33)19-7-5-4-6-8-19/h4-12,16,33H,13-15H2,1-3H3/t16-,24?/m0/s1. The summed E-state index contributed by atoms with van der Waals surface area (Å²) >= 11 is 0.485. The van der Waals surface area contributed by atoms with Crippen molar-refractivity contribution in [3.8, 4) is 10.6 Å². The molecule has 3 aromatic rings. The number of amides is 1. The number of ether oxygens (including phenoxy) is 1. The molecule has 6 nitrogen and oxygen atoms in total. The number of cyclic esters (lactones) is 1. The number of alkyl halides is 3. The SMILES string of the molecule is C[C@@H](c1ccc(-c2nnc(C(F)(F)F)s2)cc1)N1CCC(CC(C)(C)O)(c2ccccc2)OC1=O. The maximum Gasteiger partial charge on any atom is 0.445 e. The van der Waals surface area contributed by atoms with E-state index in [4.69, 9.17) is 4.74 Å². The second-order valence-corrected chi connectivity index (χ2v) is 10.3. The van der Waals surface area contributed by atoms with Crippen LogP contribution >= 0.6 is 11.3 Å². The summed E-state index contributed by atoms with van der Waals surface area (Å²) < 4.78 is 44.5. The first-order valence-corrected chi connectivity index (χ1v) is 12.0. The first-order chi connectivity index (χ1) is 16.4. The van der Waals surface area contributed by atoms with Crippen LogP contribution in [0.3, 0.4) is 0 Å². The van der Waals surface area contributed by atoms with Crippen LogP contribution in [0.25, 0.3) is 10.6 Å². The lowest BCUT2D eigenvalue weighted by Gasteiger charge is -2.45. The molecule has 4 rings (SSSR count). The molecule has 1 saturated heterocycles. The third-order valence-corrected chi connectivity index (χ3v) is 7.08. The fraction of sp³-hybridized carbons (Fsp3) is 0.400. The van der Waals surface area contributed by atoms with Crippen LogP contribution in [-0.2, 0) is 16.5 Å². The van der Waals surface area contributed by atoms with Crippen LogP contribution in [-0.4, -0.2) is 38.4 Å². The molecule has 0 saturated carbocycles. The normalized spacial score (nSPS) is 20.0. The molecule has 2 aromatic carbocycles. The smallest absolute Gasteiger partial charge is 0.438 e. The molecule has 1 N–H and O–H groups in total. The third-order valence-electron chi connectivity index (χ3n) is 6.07. The van der Waals surface area contributed by atoms with Gasteiger partial charge in [-0.05, 0) is 31.9 Å². The summed E-state index contributed by atoms with van der Waals surface area (Å²) in [4.78, 5) is 14.8. The van der Waals surface area contributed by atoms with Gasteiger partial charge >= 0.3 is 12.3 Å². The van der Waals surface area contributed by atoms with Crippen molar-refractivity contribution >= 4 is 17.4 Å². The molecule has 1 unspecified atom stereocenters. The number of rotatable bonds is 6. The summed E-state index contributed by atoms with van der Waals surface area (Å²) in [7, 11) is 0. The Bertz CT molecular complexity index is 1180. The monoisotopic (exact) mass is 505 g/mol. The number of aromatic nitrogens is 2. The Kier molecular flexibility index (Phi) is 6.63. The van der Waals surface area contributed by atoms with E-state index >= 15 is 0 Å². The molecule has 10 heteroatoms. The van der Waals surface area contributed by atoms with Crippen molar-refractivity contribution in [2.45, 2.75) is 57.0 Å². The minimum Gasteiger partial charge on any atom is -0.438 e. The fourth-order valence-electron chi connectivity index (χ4n) is 4.43. The van der Waals surface area contributed by atoms with E-state index in [-0.39, 0.29) is 17.5 Å². The number of carbonyl (C=O) groups excluding carboxylic acids is 1. The predicted molar refractivity (Wildman–Crippen MR) is 126 cm³/mol. The summed E-state index contributed by atoms with van der Waals surface area (Å²) in [6, 6.07) is 16.0. The number of nitrogens with zero attached hydrogens (tertiary/aromatic N) is 3. The largest absolute Gasteiger partial charge is 0.445 e. The average molecular weight is 506 g/mol. The van der Waals surface area contributed by atoms with Crippen molar-refractivity contribution in [1.82, 2.24) is 15.1 Å². The molecular weight excluding hydrogens is 479 g/mol. The minimum atomic E-state index is -4.53. The molecule has 0 radical (unpaired) electrons. The van der Waals surface area contributed by atoms with Gasteiger partial charge in [0.15, 0.2) is 0 Å². The van der Waals surface area contributed by atoms with Gasteiger partial charge in [-0.2, -0.15) is 13.2 Å². The highest BCUT2D eigenvalue weighted by atomic mass is 32.1. The molecule has 0 aliphatic carbocycles. The predicted octanol–water partition coefficient (Wildman–Crippen LogP) is 6.18. The van der Waals surface area contributed by atoms with Crippen molar-refractivity contribution < 1.29 is 27.8 Å². The summed E-state index contributed by atoms with van der Waals surface area (Å²) in [6.45, 7) is 5.67. The highest BCUT2D eigenvalue weighted by Crippen LogP contribution is 2.42. The zero-order chi connectivity index (χ0) is 25.4. The summed E-state index contributed by atoms with van der Waals surface area (Å²) in [5, 5.41) is 16.6. The quantitative estimate of drug-likeness (QED) is 0.433. The van der Waals surface area contributed by atoms with E-state index in [1.165, 1.54) is 0 Å². The highest BCUT2D eigenvalue weighted by Gasteiger charge is 2.46. The van der Waals surface area contributed by atoms with Crippen LogP contribution in [0.2, 0.25) is 0 Å². The van der Waals surface area contributed by atoms with E-state index in [0.717, 1.165) is 11.1 Å². The summed E-state index contributed by atoms with van der Waals surface area (Å²) in [5.41, 5.74) is 0.174. The van der Waals surface area contributed by atoms with Gasteiger partial charge in [0.25, 0.3) is 0 Å². The van der Waals surface area contributed by atoms with Crippen LogP contribution in [0, 0.1) is 0 Å². The van der Waals surface area contributed by atoms with Crippen LogP contribution in [0.1, 0.15) is 55.8 Å². The Hall–Kier alpha value is -2.98. The Labute approximate surface area is 205 Å². The molecule has 1 fully saturated rings. The Morgan fingerprint density at radius 1 is 1.11 bits per heavy atom. The van der Waals surface area contributed by atoms with Gasteiger partial charge in [-0.3, -0.25) is 0 Å². The van der Waals surface area contributed by atoms with Gasteiger partial charge in [-0.15, -0.1) is 10.2 Å². The van der Waals surface area contributed by atoms with Gasteiger partial charge in [-0.25, -0.2) is 4.79 Å². The number of hydrogen-bond donors (Lipinski definition) is 1.